The van der Waals surface area contributed by atoms with Crippen LogP contribution in [0.2, 0.25) is 0 Å². The molecule has 4 aromatic rings. The van der Waals surface area contributed by atoms with Crippen LogP contribution in [0.3, 0.4) is 0 Å². The van der Waals surface area contributed by atoms with Crippen molar-refractivity contribution in [2.45, 2.75) is 52.4 Å². The smallest absolute Gasteiger partial charge is 0.0422 e. The first kappa shape index (κ1) is 23.6. The van der Waals surface area contributed by atoms with E-state index in [0.29, 0.717) is 0 Å². The molecule has 0 heterocycles. The highest BCUT2D eigenvalue weighted by molar-refractivity contribution is 5.72. The van der Waals surface area contributed by atoms with Gasteiger partial charge in [0.15, 0.2) is 0 Å². The molecule has 0 unspecified atom stereocenters. The van der Waals surface area contributed by atoms with Crippen LogP contribution in [0.25, 0.3) is 11.1 Å². The third kappa shape index (κ3) is 5.51. The van der Waals surface area contributed by atoms with E-state index in [9.17, 15) is 0 Å². The normalized spacial score (nSPS) is 11.8. The van der Waals surface area contributed by atoms with Gasteiger partial charge >= 0.3 is 0 Å². The summed E-state index contributed by atoms with van der Waals surface area (Å²) in [5.41, 5.74) is 9.73. The van der Waals surface area contributed by atoms with Crippen LogP contribution in [-0.4, -0.2) is 0 Å². The molecular weight excluding hydrogens is 412 g/mol. The molecule has 0 saturated heterocycles. The van der Waals surface area contributed by atoms with E-state index in [1.165, 1.54) is 22.3 Å². The topological polar surface area (TPSA) is 24.1 Å². The largest absolute Gasteiger partial charge is 0.355 e. The van der Waals surface area contributed by atoms with E-state index < -0.39 is 0 Å². The van der Waals surface area contributed by atoms with Gasteiger partial charge in [-0.15, -0.1) is 0 Å². The predicted molar refractivity (Wildman–Crippen MR) is 149 cm³/mol. The van der Waals surface area contributed by atoms with Gasteiger partial charge < -0.3 is 10.6 Å². The van der Waals surface area contributed by atoms with Crippen LogP contribution < -0.4 is 10.6 Å². The highest BCUT2D eigenvalue weighted by atomic mass is 14.9. The number of rotatable bonds is 5. The SMILES string of the molecule is CC(C)(C)c1ccccc1Nc1ccc(-c2ccc(Nc3ccccc3C(C)(C)C)cc2)cc1. The van der Waals surface area contributed by atoms with E-state index in [0.717, 1.165) is 22.7 Å². The van der Waals surface area contributed by atoms with Crippen LogP contribution in [0, 0.1) is 0 Å². The first-order valence-electron chi connectivity index (χ1n) is 12.0. The molecule has 34 heavy (non-hydrogen) atoms. The number of hydrogen-bond acceptors (Lipinski definition) is 2. The van der Waals surface area contributed by atoms with E-state index in [1.807, 2.05) is 0 Å². The van der Waals surface area contributed by atoms with Crippen LogP contribution in [0.15, 0.2) is 97.1 Å². The van der Waals surface area contributed by atoms with Crippen molar-refractivity contribution in [3.05, 3.63) is 108 Å². The van der Waals surface area contributed by atoms with Crippen molar-refractivity contribution >= 4 is 22.7 Å². The molecule has 0 aromatic heterocycles. The molecule has 0 amide bonds. The number of benzene rings is 4. The molecule has 0 bridgehead atoms. The second-order valence-electron chi connectivity index (χ2n) is 11.0. The van der Waals surface area contributed by atoms with Gasteiger partial charge in [0.2, 0.25) is 0 Å². The van der Waals surface area contributed by atoms with E-state index in [4.69, 9.17) is 0 Å². The Morgan fingerprint density at radius 1 is 0.412 bits per heavy atom. The molecule has 2 N–H and O–H groups in total. The maximum Gasteiger partial charge on any atom is 0.0422 e. The molecule has 2 heteroatoms. The zero-order valence-electron chi connectivity index (χ0n) is 21.2. The van der Waals surface area contributed by atoms with Crippen molar-refractivity contribution < 1.29 is 0 Å². The third-order valence-electron chi connectivity index (χ3n) is 6.13. The average molecular weight is 449 g/mol. The van der Waals surface area contributed by atoms with Gasteiger partial charge in [-0.25, -0.2) is 0 Å². The van der Waals surface area contributed by atoms with Crippen LogP contribution >= 0.6 is 0 Å². The van der Waals surface area contributed by atoms with Crippen molar-refractivity contribution in [2.24, 2.45) is 0 Å². The Bertz CT molecular complexity index is 1140. The molecule has 0 saturated carbocycles. The summed E-state index contributed by atoms with van der Waals surface area (Å²) < 4.78 is 0. The van der Waals surface area contributed by atoms with Crippen molar-refractivity contribution in [3.63, 3.8) is 0 Å². The lowest BCUT2D eigenvalue weighted by molar-refractivity contribution is 0.592. The highest BCUT2D eigenvalue weighted by Gasteiger charge is 2.18. The number of para-hydroxylation sites is 2. The van der Waals surface area contributed by atoms with Crippen LogP contribution in [0.5, 0.6) is 0 Å². The molecule has 2 nitrogen and oxygen atoms in total. The summed E-state index contributed by atoms with van der Waals surface area (Å²) in [6, 6.07) is 34.4. The Morgan fingerprint density at radius 2 is 0.735 bits per heavy atom. The van der Waals surface area contributed by atoms with Crippen LogP contribution in [0.4, 0.5) is 22.7 Å². The lowest BCUT2D eigenvalue weighted by Gasteiger charge is -2.23. The Kier molecular flexibility index (Phi) is 6.52. The molecule has 0 spiro atoms. The lowest BCUT2D eigenvalue weighted by atomic mass is 9.85. The summed E-state index contributed by atoms with van der Waals surface area (Å²) in [6.07, 6.45) is 0. The molecule has 4 aromatic carbocycles. The number of nitrogens with one attached hydrogen (secondary N) is 2. The maximum absolute atomic E-state index is 3.60. The lowest BCUT2D eigenvalue weighted by Crippen LogP contribution is -2.13. The molecule has 0 radical (unpaired) electrons. The second kappa shape index (κ2) is 9.38. The highest BCUT2D eigenvalue weighted by Crippen LogP contribution is 2.33. The Balaban J connectivity index is 1.49. The van der Waals surface area contributed by atoms with E-state index >= 15 is 0 Å². The summed E-state index contributed by atoms with van der Waals surface area (Å²) in [5.74, 6) is 0. The minimum absolute atomic E-state index is 0.0900. The Labute approximate surface area is 205 Å². The summed E-state index contributed by atoms with van der Waals surface area (Å²) in [7, 11) is 0. The summed E-state index contributed by atoms with van der Waals surface area (Å²) in [4.78, 5) is 0. The fraction of sp³-hybridized carbons (Fsp3) is 0.250. The minimum Gasteiger partial charge on any atom is -0.355 e. The summed E-state index contributed by atoms with van der Waals surface area (Å²) in [5, 5.41) is 7.20. The van der Waals surface area contributed by atoms with Gasteiger partial charge in [-0.05, 0) is 69.5 Å². The van der Waals surface area contributed by atoms with E-state index in [1.54, 1.807) is 0 Å². The molecule has 0 aliphatic rings. The standard InChI is InChI=1S/C32H36N2/c1-31(2,3)27-11-7-9-13-29(27)33-25-19-15-23(16-20-25)24-17-21-26(22-18-24)34-30-14-10-8-12-28(30)32(4,5)6/h7-22,33-34H,1-6H3. The maximum atomic E-state index is 3.60. The van der Waals surface area contributed by atoms with Gasteiger partial charge in [-0.1, -0.05) is 102 Å². The summed E-state index contributed by atoms with van der Waals surface area (Å²) >= 11 is 0. The summed E-state index contributed by atoms with van der Waals surface area (Å²) in [6.45, 7) is 13.5. The zero-order valence-corrected chi connectivity index (χ0v) is 21.2. The molecule has 4 rings (SSSR count). The van der Waals surface area contributed by atoms with Gasteiger partial charge in [0.25, 0.3) is 0 Å². The third-order valence-corrected chi connectivity index (χ3v) is 6.13. The Morgan fingerprint density at radius 3 is 1.06 bits per heavy atom. The predicted octanol–water partition coefficient (Wildman–Crippen LogP) is 9.44. The quantitative estimate of drug-likeness (QED) is 0.318. The molecule has 0 fully saturated rings. The molecule has 0 aliphatic carbocycles. The first-order chi connectivity index (χ1) is 16.1. The van der Waals surface area contributed by atoms with Crippen LogP contribution in [-0.2, 0) is 10.8 Å². The van der Waals surface area contributed by atoms with Crippen molar-refractivity contribution in [3.8, 4) is 11.1 Å². The van der Waals surface area contributed by atoms with Crippen LogP contribution in [0.1, 0.15) is 52.7 Å². The molecular formula is C32H36N2. The van der Waals surface area contributed by atoms with Crippen molar-refractivity contribution in [2.75, 3.05) is 10.6 Å². The monoisotopic (exact) mass is 448 g/mol. The van der Waals surface area contributed by atoms with Gasteiger partial charge in [0.05, 0.1) is 0 Å². The zero-order chi connectivity index (χ0) is 24.3. The average Bonchev–Trinajstić information content (AvgIpc) is 2.79. The van der Waals surface area contributed by atoms with Crippen molar-refractivity contribution in [1.29, 1.82) is 0 Å². The Hall–Kier alpha value is -3.52. The molecule has 0 aliphatic heterocycles. The van der Waals surface area contributed by atoms with Gasteiger partial charge in [-0.3, -0.25) is 0 Å². The molecule has 0 atom stereocenters. The van der Waals surface area contributed by atoms with Gasteiger partial charge in [0.1, 0.15) is 0 Å². The molecule has 174 valence electrons. The number of anilines is 4. The van der Waals surface area contributed by atoms with Gasteiger partial charge in [0, 0.05) is 22.7 Å². The van der Waals surface area contributed by atoms with E-state index in [2.05, 4.69) is 149 Å². The minimum atomic E-state index is 0.0900. The second-order valence-corrected chi connectivity index (χ2v) is 11.0. The fourth-order valence-corrected chi connectivity index (χ4v) is 4.30. The van der Waals surface area contributed by atoms with Gasteiger partial charge in [-0.2, -0.15) is 0 Å². The van der Waals surface area contributed by atoms with E-state index in [-0.39, 0.29) is 10.8 Å². The fourth-order valence-electron chi connectivity index (χ4n) is 4.30. The first-order valence-corrected chi connectivity index (χ1v) is 12.0. The van der Waals surface area contributed by atoms with Crippen molar-refractivity contribution in [1.82, 2.24) is 0 Å². The number of hydrogen-bond donors (Lipinski definition) is 2.